The molecule has 4 aliphatic carbocycles. The molecule has 4 aliphatic rings. The molecule has 4 rings (SSSR count). The molecule has 0 saturated heterocycles. The number of rotatable bonds is 1. The Kier molecular flexibility index (Phi) is 3.66. The van der Waals surface area contributed by atoms with Gasteiger partial charge in [-0.1, -0.05) is 31.9 Å². The van der Waals surface area contributed by atoms with E-state index in [0.29, 0.717) is 10.8 Å². The van der Waals surface area contributed by atoms with E-state index in [0.717, 1.165) is 30.6 Å². The van der Waals surface area contributed by atoms with Crippen molar-refractivity contribution in [2.24, 2.45) is 28.6 Å². The van der Waals surface area contributed by atoms with Gasteiger partial charge in [0.15, 0.2) is 0 Å². The van der Waals surface area contributed by atoms with Crippen molar-refractivity contribution in [3.05, 3.63) is 11.6 Å². The van der Waals surface area contributed by atoms with Crippen molar-refractivity contribution in [3.63, 3.8) is 0 Å². The third kappa shape index (κ3) is 2.39. The van der Waals surface area contributed by atoms with Crippen molar-refractivity contribution in [1.29, 1.82) is 0 Å². The number of hydrogen-bond acceptors (Lipinski definition) is 2. The fourth-order valence-electron chi connectivity index (χ4n) is 6.96. The molecule has 0 amide bonds. The van der Waals surface area contributed by atoms with Gasteiger partial charge >= 0.3 is 5.97 Å². The number of allylic oxidation sites excluding steroid dienone is 1. The van der Waals surface area contributed by atoms with Gasteiger partial charge < -0.3 is 4.74 Å². The van der Waals surface area contributed by atoms with Crippen molar-refractivity contribution in [1.82, 2.24) is 0 Å². The van der Waals surface area contributed by atoms with Gasteiger partial charge in [0.25, 0.3) is 0 Å². The van der Waals surface area contributed by atoms with Gasteiger partial charge in [0.2, 0.25) is 0 Å². The molecule has 6 atom stereocenters. The molecule has 2 heteroatoms. The molecule has 0 unspecified atom stereocenters. The Bertz CT molecular complexity index is 536. The highest BCUT2D eigenvalue weighted by Gasteiger charge is 2.55. The highest BCUT2D eigenvalue weighted by molar-refractivity contribution is 5.66. The van der Waals surface area contributed by atoms with Gasteiger partial charge in [-0.05, 0) is 73.5 Å². The summed E-state index contributed by atoms with van der Waals surface area (Å²) < 4.78 is 5.53. The molecule has 0 radical (unpaired) electrons. The zero-order valence-corrected chi connectivity index (χ0v) is 15.1. The van der Waals surface area contributed by atoms with Crippen molar-refractivity contribution >= 4 is 5.97 Å². The molecule has 0 aromatic heterocycles. The van der Waals surface area contributed by atoms with Gasteiger partial charge in [0.1, 0.15) is 6.10 Å². The summed E-state index contributed by atoms with van der Waals surface area (Å²) in [6.07, 6.45) is 14.5. The maximum absolute atomic E-state index is 11.3. The van der Waals surface area contributed by atoms with E-state index < -0.39 is 0 Å². The Morgan fingerprint density at radius 1 is 1.13 bits per heavy atom. The Balaban J connectivity index is 1.58. The lowest BCUT2D eigenvalue weighted by molar-refractivity contribution is -0.148. The fraction of sp³-hybridized carbons (Fsp3) is 0.857. The summed E-state index contributed by atoms with van der Waals surface area (Å²) in [4.78, 5) is 11.3. The van der Waals surface area contributed by atoms with Crippen LogP contribution in [-0.4, -0.2) is 12.1 Å². The van der Waals surface area contributed by atoms with Crippen LogP contribution in [0.5, 0.6) is 0 Å². The minimum atomic E-state index is -0.118. The summed E-state index contributed by atoms with van der Waals surface area (Å²) in [5.74, 6) is 2.63. The lowest BCUT2D eigenvalue weighted by Gasteiger charge is -2.57. The molecule has 0 aliphatic heterocycles. The fourth-order valence-corrected chi connectivity index (χ4v) is 6.96. The lowest BCUT2D eigenvalue weighted by Crippen LogP contribution is -2.49. The van der Waals surface area contributed by atoms with Gasteiger partial charge in [0, 0.05) is 13.3 Å². The summed E-state index contributed by atoms with van der Waals surface area (Å²) >= 11 is 0. The van der Waals surface area contributed by atoms with Crippen LogP contribution in [0.2, 0.25) is 0 Å². The van der Waals surface area contributed by atoms with E-state index in [1.165, 1.54) is 44.9 Å². The highest BCUT2D eigenvalue weighted by Crippen LogP contribution is 2.64. The predicted octanol–water partition coefficient (Wildman–Crippen LogP) is 5.27. The molecule has 128 valence electrons. The first-order valence-electron chi connectivity index (χ1n) is 9.79. The Morgan fingerprint density at radius 3 is 2.74 bits per heavy atom. The van der Waals surface area contributed by atoms with Crippen LogP contribution in [0.25, 0.3) is 0 Å². The van der Waals surface area contributed by atoms with Crippen LogP contribution in [0.1, 0.15) is 78.6 Å². The van der Waals surface area contributed by atoms with Crippen LogP contribution >= 0.6 is 0 Å². The third-order valence-electron chi connectivity index (χ3n) is 8.17. The molecule has 0 bridgehead atoms. The second kappa shape index (κ2) is 5.36. The summed E-state index contributed by atoms with van der Waals surface area (Å²) in [7, 11) is 0. The van der Waals surface area contributed by atoms with Crippen molar-refractivity contribution < 1.29 is 9.53 Å². The number of hydrogen-bond donors (Lipinski definition) is 0. The molecule has 3 fully saturated rings. The number of esters is 1. The number of ether oxygens (including phenoxy) is 1. The molecule has 0 aromatic rings. The van der Waals surface area contributed by atoms with E-state index in [2.05, 4.69) is 19.9 Å². The van der Waals surface area contributed by atoms with Gasteiger partial charge in [-0.3, -0.25) is 4.79 Å². The number of carbonyl (C=O) groups excluding carboxylic acids is 1. The quantitative estimate of drug-likeness (QED) is 0.486. The third-order valence-corrected chi connectivity index (χ3v) is 8.17. The maximum Gasteiger partial charge on any atom is 0.302 e. The first-order valence-corrected chi connectivity index (χ1v) is 9.79. The van der Waals surface area contributed by atoms with E-state index in [-0.39, 0.29) is 12.1 Å². The molecular weight excluding hydrogens is 284 g/mol. The van der Waals surface area contributed by atoms with Gasteiger partial charge in [0.05, 0.1) is 0 Å². The normalized spacial score (nSPS) is 48.7. The van der Waals surface area contributed by atoms with E-state index in [1.54, 1.807) is 12.5 Å². The van der Waals surface area contributed by atoms with Crippen molar-refractivity contribution in [3.8, 4) is 0 Å². The van der Waals surface area contributed by atoms with Gasteiger partial charge in [-0.2, -0.15) is 0 Å². The average molecular weight is 316 g/mol. The molecule has 0 heterocycles. The van der Waals surface area contributed by atoms with Gasteiger partial charge in [-0.25, -0.2) is 0 Å². The zero-order chi connectivity index (χ0) is 16.2. The molecule has 23 heavy (non-hydrogen) atoms. The van der Waals surface area contributed by atoms with Crippen LogP contribution in [0.15, 0.2) is 11.6 Å². The SMILES string of the molecule is CC(=O)O[C@H]1CC[C@@]2(C)C(=CC[C@H]3[C@H]4CCC[C@@]4(C)CC[C@H]32)C1. The zero-order valence-electron chi connectivity index (χ0n) is 15.1. The Labute approximate surface area is 141 Å². The van der Waals surface area contributed by atoms with Gasteiger partial charge in [-0.15, -0.1) is 0 Å². The summed E-state index contributed by atoms with van der Waals surface area (Å²) in [5.41, 5.74) is 2.62. The van der Waals surface area contributed by atoms with E-state index >= 15 is 0 Å². The average Bonchev–Trinajstić information content (AvgIpc) is 2.89. The van der Waals surface area contributed by atoms with Crippen LogP contribution in [0, 0.1) is 28.6 Å². The highest BCUT2D eigenvalue weighted by atomic mass is 16.5. The van der Waals surface area contributed by atoms with E-state index in [9.17, 15) is 4.79 Å². The van der Waals surface area contributed by atoms with Crippen molar-refractivity contribution in [2.45, 2.75) is 84.7 Å². The summed E-state index contributed by atoms with van der Waals surface area (Å²) in [6.45, 7) is 6.64. The van der Waals surface area contributed by atoms with Crippen LogP contribution in [-0.2, 0) is 9.53 Å². The Morgan fingerprint density at radius 2 is 1.96 bits per heavy atom. The second-order valence-corrected chi connectivity index (χ2v) is 9.32. The molecular formula is C21H32O2. The minimum Gasteiger partial charge on any atom is -0.462 e. The number of fused-ring (bicyclic) bond motifs is 5. The summed E-state index contributed by atoms with van der Waals surface area (Å²) in [6, 6.07) is 0. The largest absolute Gasteiger partial charge is 0.462 e. The smallest absolute Gasteiger partial charge is 0.302 e. The second-order valence-electron chi connectivity index (χ2n) is 9.32. The summed E-state index contributed by atoms with van der Waals surface area (Å²) in [5, 5.41) is 0. The van der Waals surface area contributed by atoms with Crippen LogP contribution < -0.4 is 0 Å². The molecule has 3 saturated carbocycles. The number of carbonyl (C=O) groups is 1. The van der Waals surface area contributed by atoms with E-state index in [4.69, 9.17) is 4.74 Å². The van der Waals surface area contributed by atoms with Crippen molar-refractivity contribution in [2.75, 3.05) is 0 Å². The first kappa shape index (κ1) is 15.7. The molecule has 2 nitrogen and oxygen atoms in total. The van der Waals surface area contributed by atoms with E-state index in [1.807, 2.05) is 0 Å². The monoisotopic (exact) mass is 316 g/mol. The molecule has 0 spiro atoms. The predicted molar refractivity (Wildman–Crippen MR) is 91.9 cm³/mol. The van der Waals surface area contributed by atoms with Crippen LogP contribution in [0.4, 0.5) is 0 Å². The van der Waals surface area contributed by atoms with Crippen LogP contribution in [0.3, 0.4) is 0 Å². The minimum absolute atomic E-state index is 0.118. The first-order chi connectivity index (χ1) is 10.9. The Hall–Kier alpha value is -0.790. The standard InChI is InChI=1S/C21H32O2/c1-14(22)23-16-8-12-21(3)15(13-16)6-7-17-18-5-4-10-20(18,2)11-9-19(17)21/h6,16-19H,4-5,7-13H2,1-3H3/t16-,17-,18+,19+,20-,21-/m0/s1. The molecule has 0 N–H and O–H groups in total. The topological polar surface area (TPSA) is 26.3 Å². The maximum atomic E-state index is 11.3. The lowest BCUT2D eigenvalue weighted by atomic mass is 9.48. The molecule has 0 aromatic carbocycles.